The molecule has 0 spiro atoms. The van der Waals surface area contributed by atoms with Crippen molar-refractivity contribution in [3.63, 3.8) is 0 Å². The quantitative estimate of drug-likeness (QED) is 0.373. The number of para-hydroxylation sites is 1. The summed E-state index contributed by atoms with van der Waals surface area (Å²) in [5, 5.41) is 10.6. The van der Waals surface area contributed by atoms with E-state index in [-0.39, 0.29) is 5.91 Å². The summed E-state index contributed by atoms with van der Waals surface area (Å²) in [7, 11) is 0. The van der Waals surface area contributed by atoms with Crippen molar-refractivity contribution >= 4 is 39.2 Å². The molecular formula is C23H25N5O2S2. The lowest BCUT2D eigenvalue weighted by molar-refractivity contribution is -0.129. The van der Waals surface area contributed by atoms with Crippen LogP contribution >= 0.6 is 23.1 Å². The smallest absolute Gasteiger partial charge is 0.233 e. The Labute approximate surface area is 194 Å². The van der Waals surface area contributed by atoms with Gasteiger partial charge in [0.05, 0.1) is 32.8 Å². The molecule has 9 heteroatoms. The molecule has 0 bridgehead atoms. The molecule has 32 heavy (non-hydrogen) atoms. The van der Waals surface area contributed by atoms with Crippen LogP contribution in [0.1, 0.15) is 36.5 Å². The van der Waals surface area contributed by atoms with Crippen LogP contribution in [0.2, 0.25) is 0 Å². The summed E-state index contributed by atoms with van der Waals surface area (Å²) in [5.74, 6) is 2.41. The normalized spacial score (nSPS) is 16.7. The first-order valence-corrected chi connectivity index (χ1v) is 12.7. The van der Waals surface area contributed by atoms with E-state index in [2.05, 4.69) is 29.3 Å². The first-order valence-electron chi connectivity index (χ1n) is 10.9. The molecule has 0 radical (unpaired) electrons. The Hall–Kier alpha value is -2.65. The van der Waals surface area contributed by atoms with Gasteiger partial charge >= 0.3 is 0 Å². The molecule has 3 aromatic heterocycles. The molecule has 0 N–H and O–H groups in total. The van der Waals surface area contributed by atoms with Crippen LogP contribution in [0.25, 0.3) is 21.6 Å². The Morgan fingerprint density at radius 3 is 2.94 bits per heavy atom. The second kappa shape index (κ2) is 9.07. The number of hydrogen-bond acceptors (Lipinski definition) is 7. The summed E-state index contributed by atoms with van der Waals surface area (Å²) in [6.45, 7) is 6.24. The van der Waals surface area contributed by atoms with Gasteiger partial charge in [0, 0.05) is 25.6 Å². The largest absolute Gasteiger partial charge is 0.469 e. The topological polar surface area (TPSA) is 77.1 Å². The highest BCUT2D eigenvalue weighted by Crippen LogP contribution is 2.33. The Bertz CT molecular complexity index is 1210. The van der Waals surface area contributed by atoms with Gasteiger partial charge in [0.15, 0.2) is 11.0 Å². The third kappa shape index (κ3) is 4.06. The van der Waals surface area contributed by atoms with E-state index in [1.807, 2.05) is 34.6 Å². The molecule has 4 aromatic rings. The number of amides is 1. The standard InChI is InChI=1S/C23H25N5O2S2/c1-3-28-21(17-10-12-30-15(17)2)25-26-23(28)31-14-20(29)27-11-6-7-16(13-27)22-24-18-8-4-5-9-19(18)32-22/h4-5,8-10,12,16H,3,6-7,11,13-14H2,1-2H3. The monoisotopic (exact) mass is 467 g/mol. The molecule has 166 valence electrons. The lowest BCUT2D eigenvalue weighted by Crippen LogP contribution is -2.40. The van der Waals surface area contributed by atoms with Crippen LogP contribution in [0.15, 0.2) is 46.2 Å². The average Bonchev–Trinajstić information content (AvgIpc) is 3.54. The van der Waals surface area contributed by atoms with Gasteiger partial charge in [-0.15, -0.1) is 21.5 Å². The lowest BCUT2D eigenvalue weighted by atomic mass is 9.99. The van der Waals surface area contributed by atoms with Crippen LogP contribution in [0.4, 0.5) is 0 Å². The van der Waals surface area contributed by atoms with Crippen LogP contribution in [-0.4, -0.2) is 49.4 Å². The maximum Gasteiger partial charge on any atom is 0.233 e. The van der Waals surface area contributed by atoms with Crippen LogP contribution in [-0.2, 0) is 11.3 Å². The predicted octanol–water partition coefficient (Wildman–Crippen LogP) is 4.97. The number of carbonyl (C=O) groups is 1. The Morgan fingerprint density at radius 1 is 1.28 bits per heavy atom. The maximum atomic E-state index is 13.0. The third-order valence-electron chi connectivity index (χ3n) is 5.89. The number of hydrogen-bond donors (Lipinski definition) is 0. The number of carbonyl (C=O) groups excluding carboxylic acids is 1. The zero-order valence-electron chi connectivity index (χ0n) is 18.2. The number of thiazole rings is 1. The molecule has 1 atom stereocenters. The second-order valence-corrected chi connectivity index (χ2v) is 9.93. The fraction of sp³-hybridized carbons (Fsp3) is 0.391. The number of rotatable bonds is 6. The number of fused-ring (bicyclic) bond motifs is 1. The predicted molar refractivity (Wildman–Crippen MR) is 127 cm³/mol. The van der Waals surface area contributed by atoms with Gasteiger partial charge in [0.25, 0.3) is 0 Å². The summed E-state index contributed by atoms with van der Waals surface area (Å²) in [6.07, 6.45) is 3.74. The first-order chi connectivity index (χ1) is 15.6. The van der Waals surface area contributed by atoms with Crippen molar-refractivity contribution in [2.24, 2.45) is 0 Å². The number of likely N-dealkylation sites (tertiary alicyclic amines) is 1. The molecule has 1 unspecified atom stereocenters. The van der Waals surface area contributed by atoms with Crippen molar-refractivity contribution in [3.05, 3.63) is 47.4 Å². The van der Waals surface area contributed by atoms with Crippen LogP contribution < -0.4 is 0 Å². The van der Waals surface area contributed by atoms with Crippen molar-refractivity contribution in [2.75, 3.05) is 18.8 Å². The molecule has 7 nitrogen and oxygen atoms in total. The number of thioether (sulfide) groups is 1. The minimum Gasteiger partial charge on any atom is -0.469 e. The Morgan fingerprint density at radius 2 is 2.16 bits per heavy atom. The van der Waals surface area contributed by atoms with E-state index in [1.54, 1.807) is 17.6 Å². The number of piperidine rings is 1. The fourth-order valence-electron chi connectivity index (χ4n) is 4.18. The van der Waals surface area contributed by atoms with Crippen molar-refractivity contribution in [1.29, 1.82) is 0 Å². The van der Waals surface area contributed by atoms with Crippen molar-refractivity contribution in [1.82, 2.24) is 24.6 Å². The molecular weight excluding hydrogens is 442 g/mol. The molecule has 5 rings (SSSR count). The number of nitrogens with zero attached hydrogens (tertiary/aromatic N) is 5. The molecule has 4 heterocycles. The zero-order chi connectivity index (χ0) is 22.1. The minimum atomic E-state index is 0.146. The summed E-state index contributed by atoms with van der Waals surface area (Å²) >= 11 is 3.20. The lowest BCUT2D eigenvalue weighted by Gasteiger charge is -2.31. The van der Waals surface area contributed by atoms with E-state index >= 15 is 0 Å². The van der Waals surface area contributed by atoms with E-state index in [0.717, 1.165) is 65.3 Å². The summed E-state index contributed by atoms with van der Waals surface area (Å²) in [4.78, 5) is 19.8. The van der Waals surface area contributed by atoms with E-state index in [1.165, 1.54) is 16.5 Å². The molecule has 1 aromatic carbocycles. The van der Waals surface area contributed by atoms with E-state index in [0.29, 0.717) is 11.7 Å². The average molecular weight is 468 g/mol. The van der Waals surface area contributed by atoms with Gasteiger partial charge in [-0.2, -0.15) is 0 Å². The summed E-state index contributed by atoms with van der Waals surface area (Å²) in [6, 6.07) is 10.1. The summed E-state index contributed by atoms with van der Waals surface area (Å²) in [5.41, 5.74) is 1.99. The van der Waals surface area contributed by atoms with Gasteiger partial charge in [-0.25, -0.2) is 4.98 Å². The van der Waals surface area contributed by atoms with Gasteiger partial charge in [-0.1, -0.05) is 23.9 Å². The molecule has 0 saturated carbocycles. The van der Waals surface area contributed by atoms with Crippen LogP contribution in [0.5, 0.6) is 0 Å². The summed E-state index contributed by atoms with van der Waals surface area (Å²) < 4.78 is 8.67. The zero-order valence-corrected chi connectivity index (χ0v) is 19.8. The van der Waals surface area contributed by atoms with Crippen LogP contribution in [0.3, 0.4) is 0 Å². The van der Waals surface area contributed by atoms with Gasteiger partial charge in [-0.05, 0) is 44.9 Å². The molecule has 1 fully saturated rings. The molecule has 1 aliphatic rings. The van der Waals surface area contributed by atoms with Gasteiger partial charge < -0.3 is 13.9 Å². The Kier molecular flexibility index (Phi) is 6.01. The van der Waals surface area contributed by atoms with Gasteiger partial charge in [0.1, 0.15) is 5.76 Å². The first kappa shape index (κ1) is 21.2. The van der Waals surface area contributed by atoms with Crippen molar-refractivity contribution in [3.8, 4) is 11.4 Å². The number of benzene rings is 1. The Balaban J connectivity index is 1.25. The highest BCUT2D eigenvalue weighted by Gasteiger charge is 2.27. The van der Waals surface area contributed by atoms with E-state index in [9.17, 15) is 4.79 Å². The molecule has 1 saturated heterocycles. The van der Waals surface area contributed by atoms with E-state index < -0.39 is 0 Å². The van der Waals surface area contributed by atoms with Gasteiger partial charge in [0.2, 0.25) is 5.91 Å². The molecule has 1 aliphatic heterocycles. The molecule has 0 aliphatic carbocycles. The van der Waals surface area contributed by atoms with Crippen molar-refractivity contribution < 1.29 is 9.21 Å². The second-order valence-electron chi connectivity index (χ2n) is 7.93. The highest BCUT2D eigenvalue weighted by molar-refractivity contribution is 7.99. The highest BCUT2D eigenvalue weighted by atomic mass is 32.2. The number of furan rings is 1. The molecule has 1 amide bonds. The maximum absolute atomic E-state index is 13.0. The number of aromatic nitrogens is 4. The SMILES string of the molecule is CCn1c(SCC(=O)N2CCCC(c3nc4ccccc4s3)C2)nnc1-c1ccoc1C. The van der Waals surface area contributed by atoms with Crippen LogP contribution in [0, 0.1) is 6.92 Å². The van der Waals surface area contributed by atoms with Crippen molar-refractivity contribution in [2.45, 2.75) is 44.3 Å². The fourth-order valence-corrected chi connectivity index (χ4v) is 6.18. The van der Waals surface area contributed by atoms with Gasteiger partial charge in [-0.3, -0.25) is 4.79 Å². The van der Waals surface area contributed by atoms with E-state index in [4.69, 9.17) is 9.40 Å². The number of aryl methyl sites for hydroxylation is 1. The minimum absolute atomic E-state index is 0.146. The third-order valence-corrected chi connectivity index (χ3v) is 8.04.